The Hall–Kier alpha value is -1.00. The van der Waals surface area contributed by atoms with E-state index in [4.69, 9.17) is 0 Å². The molecule has 1 aliphatic rings. The van der Waals surface area contributed by atoms with Crippen molar-refractivity contribution in [3.63, 3.8) is 0 Å². The Morgan fingerprint density at radius 1 is 1.29 bits per heavy atom. The van der Waals surface area contributed by atoms with E-state index in [1.807, 2.05) is 0 Å². The van der Waals surface area contributed by atoms with Crippen LogP contribution in [-0.4, -0.2) is 29.6 Å². The fourth-order valence-corrected chi connectivity index (χ4v) is 3.04. The van der Waals surface area contributed by atoms with Gasteiger partial charge in [0.05, 0.1) is 0 Å². The van der Waals surface area contributed by atoms with Crippen molar-refractivity contribution in [1.82, 2.24) is 10.2 Å². The van der Waals surface area contributed by atoms with Crippen molar-refractivity contribution in [3.05, 3.63) is 35.4 Å². The number of nitrogens with one attached hydrogen (secondary N) is 1. The second kappa shape index (κ2) is 6.84. The molecule has 1 aromatic rings. The Morgan fingerprint density at radius 2 is 2.05 bits per heavy atom. The lowest BCUT2D eigenvalue weighted by Gasteiger charge is -2.46. The number of hydrogen-bond acceptors (Lipinski definition) is 2. The minimum absolute atomic E-state index is 0.100. The first kappa shape index (κ1) is 16.4. The standard InChI is InChI=1S/C17H26F2N2/c1-4-6-14-10-20-17(3,5-2)12-21(14)11-13-7-8-15(18)16(19)9-13/h7-9,14,20H,4-6,10-12H2,1-3H3. The molecule has 0 aliphatic carbocycles. The van der Waals surface area contributed by atoms with E-state index in [0.29, 0.717) is 12.6 Å². The van der Waals surface area contributed by atoms with Crippen LogP contribution in [0.25, 0.3) is 0 Å². The second-order valence-corrected chi connectivity index (χ2v) is 6.39. The number of rotatable bonds is 5. The number of hydrogen-bond donors (Lipinski definition) is 1. The van der Waals surface area contributed by atoms with Gasteiger partial charge in [-0.3, -0.25) is 4.90 Å². The molecule has 1 saturated heterocycles. The van der Waals surface area contributed by atoms with Gasteiger partial charge >= 0.3 is 0 Å². The summed E-state index contributed by atoms with van der Waals surface area (Å²) in [7, 11) is 0. The van der Waals surface area contributed by atoms with E-state index in [2.05, 4.69) is 31.0 Å². The maximum Gasteiger partial charge on any atom is 0.159 e. The van der Waals surface area contributed by atoms with Gasteiger partial charge in [-0.15, -0.1) is 0 Å². The van der Waals surface area contributed by atoms with Gasteiger partial charge in [0.2, 0.25) is 0 Å². The zero-order chi connectivity index (χ0) is 15.5. The molecule has 0 spiro atoms. The minimum atomic E-state index is -0.775. The van der Waals surface area contributed by atoms with Crippen molar-refractivity contribution >= 4 is 0 Å². The molecule has 118 valence electrons. The van der Waals surface area contributed by atoms with Gasteiger partial charge in [-0.1, -0.05) is 26.3 Å². The van der Waals surface area contributed by atoms with Gasteiger partial charge in [-0.25, -0.2) is 8.78 Å². The maximum atomic E-state index is 13.4. The van der Waals surface area contributed by atoms with E-state index < -0.39 is 11.6 Å². The Labute approximate surface area is 126 Å². The highest BCUT2D eigenvalue weighted by atomic mass is 19.2. The van der Waals surface area contributed by atoms with Crippen molar-refractivity contribution in [3.8, 4) is 0 Å². The first-order valence-electron chi connectivity index (χ1n) is 7.90. The third-order valence-corrected chi connectivity index (χ3v) is 4.60. The van der Waals surface area contributed by atoms with E-state index in [1.54, 1.807) is 6.07 Å². The fraction of sp³-hybridized carbons (Fsp3) is 0.647. The molecule has 21 heavy (non-hydrogen) atoms. The molecule has 1 aliphatic heterocycles. The van der Waals surface area contributed by atoms with Gasteiger partial charge in [0.1, 0.15) is 0 Å². The Balaban J connectivity index is 2.13. The summed E-state index contributed by atoms with van der Waals surface area (Å²) < 4.78 is 26.4. The average molecular weight is 296 g/mol. The predicted octanol–water partition coefficient (Wildman–Crippen LogP) is 3.71. The molecule has 0 amide bonds. The summed E-state index contributed by atoms with van der Waals surface area (Å²) in [6.07, 6.45) is 3.31. The monoisotopic (exact) mass is 296 g/mol. The summed E-state index contributed by atoms with van der Waals surface area (Å²) >= 11 is 0. The normalized spacial score (nSPS) is 27.0. The molecule has 2 atom stereocenters. The van der Waals surface area contributed by atoms with Crippen LogP contribution < -0.4 is 5.32 Å². The van der Waals surface area contributed by atoms with Gasteiger partial charge < -0.3 is 5.32 Å². The maximum absolute atomic E-state index is 13.4. The second-order valence-electron chi connectivity index (χ2n) is 6.39. The molecule has 2 rings (SSSR count). The zero-order valence-electron chi connectivity index (χ0n) is 13.3. The summed E-state index contributed by atoms with van der Waals surface area (Å²) in [6.45, 7) is 9.17. The average Bonchev–Trinajstić information content (AvgIpc) is 2.46. The van der Waals surface area contributed by atoms with Crippen LogP contribution in [0.5, 0.6) is 0 Å². The highest BCUT2D eigenvalue weighted by molar-refractivity contribution is 5.18. The van der Waals surface area contributed by atoms with E-state index in [9.17, 15) is 8.78 Å². The van der Waals surface area contributed by atoms with Gasteiger partial charge in [0.25, 0.3) is 0 Å². The topological polar surface area (TPSA) is 15.3 Å². The molecule has 0 saturated carbocycles. The van der Waals surface area contributed by atoms with Crippen LogP contribution in [0.15, 0.2) is 18.2 Å². The minimum Gasteiger partial charge on any atom is -0.309 e. The van der Waals surface area contributed by atoms with Crippen molar-refractivity contribution in [2.45, 2.75) is 58.2 Å². The van der Waals surface area contributed by atoms with E-state index >= 15 is 0 Å². The van der Waals surface area contributed by atoms with Crippen LogP contribution in [0.1, 0.15) is 45.6 Å². The molecule has 2 nitrogen and oxygen atoms in total. The lowest BCUT2D eigenvalue weighted by Crippen LogP contribution is -2.62. The summed E-state index contributed by atoms with van der Waals surface area (Å²) in [5.74, 6) is -1.53. The Morgan fingerprint density at radius 3 is 2.67 bits per heavy atom. The lowest BCUT2D eigenvalue weighted by molar-refractivity contribution is 0.0725. The smallest absolute Gasteiger partial charge is 0.159 e. The third-order valence-electron chi connectivity index (χ3n) is 4.60. The number of benzene rings is 1. The van der Waals surface area contributed by atoms with Crippen molar-refractivity contribution in [2.75, 3.05) is 13.1 Å². The summed E-state index contributed by atoms with van der Waals surface area (Å²) in [6, 6.07) is 4.69. The van der Waals surface area contributed by atoms with Gasteiger partial charge in [0.15, 0.2) is 11.6 Å². The van der Waals surface area contributed by atoms with Crippen LogP contribution >= 0.6 is 0 Å². The SMILES string of the molecule is CCCC1CNC(C)(CC)CN1Cc1ccc(F)c(F)c1. The van der Waals surface area contributed by atoms with Crippen LogP contribution in [0.2, 0.25) is 0 Å². The molecular formula is C17H26F2N2. The van der Waals surface area contributed by atoms with Crippen LogP contribution in [0.4, 0.5) is 8.78 Å². The molecule has 4 heteroatoms. The van der Waals surface area contributed by atoms with E-state index in [-0.39, 0.29) is 5.54 Å². The van der Waals surface area contributed by atoms with Gasteiger partial charge in [-0.2, -0.15) is 0 Å². The van der Waals surface area contributed by atoms with Crippen LogP contribution in [0.3, 0.4) is 0 Å². The summed E-state index contributed by atoms with van der Waals surface area (Å²) in [5.41, 5.74) is 0.943. The highest BCUT2D eigenvalue weighted by Crippen LogP contribution is 2.23. The van der Waals surface area contributed by atoms with E-state index in [1.165, 1.54) is 12.1 Å². The summed E-state index contributed by atoms with van der Waals surface area (Å²) in [4.78, 5) is 2.41. The molecule has 1 fully saturated rings. The zero-order valence-corrected chi connectivity index (χ0v) is 13.3. The van der Waals surface area contributed by atoms with Crippen LogP contribution in [-0.2, 0) is 6.54 Å². The number of halogens is 2. The molecule has 0 bridgehead atoms. The first-order valence-corrected chi connectivity index (χ1v) is 7.90. The van der Waals surface area contributed by atoms with Crippen molar-refractivity contribution < 1.29 is 8.78 Å². The molecule has 1 N–H and O–H groups in total. The van der Waals surface area contributed by atoms with Gasteiger partial charge in [0, 0.05) is 31.2 Å². The highest BCUT2D eigenvalue weighted by Gasteiger charge is 2.33. The molecule has 0 aromatic heterocycles. The summed E-state index contributed by atoms with van der Waals surface area (Å²) in [5, 5.41) is 3.64. The third kappa shape index (κ3) is 4.01. The largest absolute Gasteiger partial charge is 0.309 e. The predicted molar refractivity (Wildman–Crippen MR) is 82.2 cm³/mol. The van der Waals surface area contributed by atoms with Gasteiger partial charge in [-0.05, 0) is 37.5 Å². The molecule has 2 unspecified atom stereocenters. The van der Waals surface area contributed by atoms with Crippen molar-refractivity contribution in [1.29, 1.82) is 0 Å². The number of nitrogens with zero attached hydrogens (tertiary/aromatic N) is 1. The lowest BCUT2D eigenvalue weighted by atomic mass is 9.92. The molecule has 1 aromatic carbocycles. The Kier molecular flexibility index (Phi) is 5.33. The fourth-order valence-electron chi connectivity index (χ4n) is 3.04. The molecular weight excluding hydrogens is 270 g/mol. The van der Waals surface area contributed by atoms with Crippen LogP contribution in [0, 0.1) is 11.6 Å². The molecule has 1 heterocycles. The molecule has 0 radical (unpaired) electrons. The quantitative estimate of drug-likeness (QED) is 0.891. The van der Waals surface area contributed by atoms with E-state index in [0.717, 1.165) is 37.9 Å². The Bertz CT molecular complexity index is 478. The number of piperazine rings is 1. The first-order chi connectivity index (χ1) is 9.97. The van der Waals surface area contributed by atoms with Crippen molar-refractivity contribution in [2.24, 2.45) is 0 Å².